The molecule has 2 nitrogen and oxygen atoms in total. The van der Waals surface area contributed by atoms with E-state index in [1.807, 2.05) is 24.7 Å². The van der Waals surface area contributed by atoms with E-state index in [0.717, 1.165) is 25.1 Å². The van der Waals surface area contributed by atoms with Crippen LogP contribution in [0.1, 0.15) is 31.0 Å². The van der Waals surface area contributed by atoms with Crippen LogP contribution in [-0.4, -0.2) is 10.2 Å². The van der Waals surface area contributed by atoms with Gasteiger partial charge in [-0.3, -0.25) is 4.98 Å². The van der Waals surface area contributed by atoms with Crippen LogP contribution in [0.25, 0.3) is 6.08 Å². The topological polar surface area (TPSA) is 16.8 Å². The molecule has 0 spiro atoms. The maximum Gasteiger partial charge on any atom is 0.223 e. The first-order valence-electron chi connectivity index (χ1n) is 6.97. The first-order chi connectivity index (χ1) is 9.75. The van der Waals surface area contributed by atoms with Gasteiger partial charge in [-0.15, -0.1) is 0 Å². The summed E-state index contributed by atoms with van der Waals surface area (Å²) in [5, 5.41) is 0.449. The van der Waals surface area contributed by atoms with E-state index in [-0.39, 0.29) is 0 Å². The van der Waals surface area contributed by atoms with Crippen molar-refractivity contribution in [3.63, 3.8) is 0 Å². The van der Waals surface area contributed by atoms with Gasteiger partial charge in [0.1, 0.15) is 0 Å². The van der Waals surface area contributed by atoms with E-state index >= 15 is 0 Å². The summed E-state index contributed by atoms with van der Waals surface area (Å²) >= 11 is 4.39. The quantitative estimate of drug-likeness (QED) is 0.634. The molecule has 0 aliphatic carbocycles. The first-order valence-corrected chi connectivity index (χ1v) is 7.49. The summed E-state index contributed by atoms with van der Waals surface area (Å²) in [5.74, 6) is 0. The summed E-state index contributed by atoms with van der Waals surface area (Å²) in [6.45, 7) is 2.99. The third-order valence-electron chi connectivity index (χ3n) is 3.11. The number of thiol groups is 1. The lowest BCUT2D eigenvalue weighted by Gasteiger charge is -2.01. The Morgan fingerprint density at radius 3 is 2.85 bits per heavy atom. The molecule has 104 valence electrons. The van der Waals surface area contributed by atoms with E-state index in [1.165, 1.54) is 5.56 Å². The highest BCUT2D eigenvalue weighted by atomic mass is 32.1. The maximum absolute atomic E-state index is 4.39. The molecule has 1 unspecified atom stereocenters. The highest BCUT2D eigenvalue weighted by Gasteiger charge is 2.07. The smallest absolute Gasteiger partial charge is 0.223 e. The molecule has 1 atom stereocenters. The van der Waals surface area contributed by atoms with Crippen molar-refractivity contribution < 1.29 is 4.57 Å². The van der Waals surface area contributed by atoms with Crippen molar-refractivity contribution in [2.24, 2.45) is 0 Å². The fourth-order valence-corrected chi connectivity index (χ4v) is 2.15. The van der Waals surface area contributed by atoms with E-state index < -0.39 is 0 Å². The molecule has 1 heterocycles. The Morgan fingerprint density at radius 1 is 1.30 bits per heavy atom. The summed E-state index contributed by atoms with van der Waals surface area (Å²) in [7, 11) is 0. The summed E-state index contributed by atoms with van der Waals surface area (Å²) in [5.41, 5.74) is 2.42. The van der Waals surface area contributed by atoms with Crippen molar-refractivity contribution in [3.8, 4) is 0 Å². The lowest BCUT2D eigenvalue weighted by molar-refractivity contribution is -0.690. The Kier molecular flexibility index (Phi) is 5.81. The average Bonchev–Trinajstić information content (AvgIpc) is 2.46. The van der Waals surface area contributed by atoms with E-state index in [9.17, 15) is 0 Å². The predicted molar refractivity (Wildman–Crippen MR) is 86.7 cm³/mol. The molecule has 0 saturated heterocycles. The molecular formula is C17H21N2S+. The van der Waals surface area contributed by atoms with Gasteiger partial charge < -0.3 is 0 Å². The van der Waals surface area contributed by atoms with Crippen LogP contribution >= 0.6 is 12.6 Å². The van der Waals surface area contributed by atoms with E-state index in [4.69, 9.17) is 0 Å². The largest absolute Gasteiger partial charge is 0.252 e. The van der Waals surface area contributed by atoms with Gasteiger partial charge in [0, 0.05) is 11.6 Å². The van der Waals surface area contributed by atoms with Gasteiger partial charge in [-0.05, 0) is 18.1 Å². The first kappa shape index (κ1) is 14.8. The standard InChI is InChI=1S/C17H20N2S/c1-15(20)7-5-6-10-17-13-18-11-12-19(17)14-16-8-3-2-4-9-16/h2-4,6,8-13,15H,5,7,14H2,1H3/p+1. The van der Waals surface area contributed by atoms with Gasteiger partial charge in [-0.2, -0.15) is 17.2 Å². The van der Waals surface area contributed by atoms with E-state index in [1.54, 1.807) is 0 Å². The molecule has 2 aromatic rings. The van der Waals surface area contributed by atoms with Crippen LogP contribution < -0.4 is 4.57 Å². The molecule has 0 saturated carbocycles. The molecule has 2 rings (SSSR count). The number of hydrogen-bond donors (Lipinski definition) is 1. The van der Waals surface area contributed by atoms with Crippen molar-refractivity contribution in [2.75, 3.05) is 0 Å². The predicted octanol–water partition coefficient (Wildman–Crippen LogP) is 3.53. The second kappa shape index (κ2) is 7.85. The van der Waals surface area contributed by atoms with Gasteiger partial charge in [0.25, 0.3) is 0 Å². The van der Waals surface area contributed by atoms with Gasteiger partial charge in [0.15, 0.2) is 12.7 Å². The van der Waals surface area contributed by atoms with Gasteiger partial charge in [-0.1, -0.05) is 43.3 Å². The molecule has 0 bridgehead atoms. The average molecular weight is 285 g/mol. The number of aromatic nitrogens is 2. The molecular weight excluding hydrogens is 264 g/mol. The van der Waals surface area contributed by atoms with Crippen molar-refractivity contribution in [1.29, 1.82) is 0 Å². The lowest BCUT2D eigenvalue weighted by atomic mass is 10.2. The second-order valence-corrected chi connectivity index (χ2v) is 5.82. The Hall–Kier alpha value is -1.61. The molecule has 0 amide bonds. The van der Waals surface area contributed by atoms with Crippen LogP contribution in [0.5, 0.6) is 0 Å². The van der Waals surface area contributed by atoms with E-state index in [2.05, 4.69) is 65.5 Å². The minimum Gasteiger partial charge on any atom is -0.252 e. The van der Waals surface area contributed by atoms with Gasteiger partial charge >= 0.3 is 0 Å². The molecule has 0 N–H and O–H groups in total. The number of rotatable bonds is 6. The number of nitrogens with zero attached hydrogens (tertiary/aromatic N) is 2. The monoisotopic (exact) mass is 285 g/mol. The van der Waals surface area contributed by atoms with Crippen molar-refractivity contribution in [1.82, 2.24) is 4.98 Å². The summed E-state index contributed by atoms with van der Waals surface area (Å²) in [6.07, 6.45) is 12.2. The Morgan fingerprint density at radius 2 is 2.10 bits per heavy atom. The molecule has 0 fully saturated rings. The molecule has 20 heavy (non-hydrogen) atoms. The number of allylic oxidation sites excluding steroid dienone is 1. The zero-order valence-corrected chi connectivity index (χ0v) is 12.7. The number of benzene rings is 1. The number of hydrogen-bond acceptors (Lipinski definition) is 2. The summed E-state index contributed by atoms with van der Waals surface area (Å²) < 4.78 is 2.21. The molecule has 1 aromatic carbocycles. The Labute approximate surface area is 126 Å². The van der Waals surface area contributed by atoms with Crippen LogP contribution in [0.2, 0.25) is 0 Å². The normalized spacial score (nSPS) is 12.7. The minimum absolute atomic E-state index is 0.449. The van der Waals surface area contributed by atoms with Crippen LogP contribution in [0.4, 0.5) is 0 Å². The van der Waals surface area contributed by atoms with Gasteiger partial charge in [-0.25, -0.2) is 0 Å². The maximum atomic E-state index is 4.39. The highest BCUT2D eigenvalue weighted by molar-refractivity contribution is 7.80. The van der Waals surface area contributed by atoms with Gasteiger partial charge in [0.2, 0.25) is 5.69 Å². The van der Waals surface area contributed by atoms with Crippen LogP contribution in [0, 0.1) is 0 Å². The molecule has 0 radical (unpaired) electrons. The Bertz CT molecular complexity index is 550. The van der Waals surface area contributed by atoms with Gasteiger partial charge in [0.05, 0.1) is 12.4 Å². The third-order valence-corrected chi connectivity index (χ3v) is 3.36. The fourth-order valence-electron chi connectivity index (χ4n) is 2.00. The zero-order valence-electron chi connectivity index (χ0n) is 11.8. The molecule has 0 aliphatic rings. The van der Waals surface area contributed by atoms with Crippen LogP contribution in [-0.2, 0) is 6.54 Å². The molecule has 1 aromatic heterocycles. The van der Waals surface area contributed by atoms with Crippen LogP contribution in [0.3, 0.4) is 0 Å². The van der Waals surface area contributed by atoms with E-state index in [0.29, 0.717) is 5.25 Å². The summed E-state index contributed by atoms with van der Waals surface area (Å²) in [4.78, 5) is 4.21. The minimum atomic E-state index is 0.449. The summed E-state index contributed by atoms with van der Waals surface area (Å²) in [6, 6.07) is 10.5. The lowest BCUT2D eigenvalue weighted by Crippen LogP contribution is -2.37. The Balaban J connectivity index is 2.06. The highest BCUT2D eigenvalue weighted by Crippen LogP contribution is 2.05. The second-order valence-electron chi connectivity index (χ2n) is 4.94. The van der Waals surface area contributed by atoms with Crippen molar-refractivity contribution in [3.05, 3.63) is 66.3 Å². The SMILES string of the molecule is CC(S)CCC=Cc1cncc[n+]1Cc1ccccc1. The molecule has 3 heteroatoms. The third kappa shape index (κ3) is 4.82. The molecule has 0 aliphatic heterocycles. The van der Waals surface area contributed by atoms with Crippen molar-refractivity contribution in [2.45, 2.75) is 31.6 Å². The van der Waals surface area contributed by atoms with Crippen molar-refractivity contribution >= 4 is 18.7 Å². The zero-order chi connectivity index (χ0) is 14.2. The fraction of sp³-hybridized carbons (Fsp3) is 0.294. The van der Waals surface area contributed by atoms with Crippen LogP contribution in [0.15, 0.2) is 55.0 Å².